The second-order valence-corrected chi connectivity index (χ2v) is 4.81. The summed E-state index contributed by atoms with van der Waals surface area (Å²) in [6, 6.07) is 7.31. The van der Waals surface area contributed by atoms with Crippen LogP contribution in [0.5, 0.6) is 5.75 Å². The Morgan fingerprint density at radius 3 is 2.42 bits per heavy atom. The van der Waals surface area contributed by atoms with E-state index in [9.17, 15) is 9.90 Å². The molecular formula is C14H21NO4. The lowest BCUT2D eigenvalue weighted by Crippen LogP contribution is -2.42. The Kier molecular flexibility index (Phi) is 5.18. The minimum Gasteiger partial charge on any atom is -0.491 e. The fraction of sp³-hybridized carbons (Fsp3) is 0.500. The van der Waals surface area contributed by atoms with Gasteiger partial charge in [-0.05, 0) is 45.0 Å². The predicted molar refractivity (Wildman–Crippen MR) is 73.3 cm³/mol. The number of hydrogen-bond acceptors (Lipinski definition) is 5. The van der Waals surface area contributed by atoms with E-state index < -0.39 is 11.6 Å². The number of rotatable bonds is 6. The van der Waals surface area contributed by atoms with Crippen LogP contribution in [0.3, 0.4) is 0 Å². The van der Waals surface area contributed by atoms with Crippen molar-refractivity contribution in [3.8, 4) is 5.75 Å². The van der Waals surface area contributed by atoms with Gasteiger partial charge in [-0.3, -0.25) is 0 Å². The molecule has 0 saturated heterocycles. The molecule has 1 rings (SSSR count). The molecule has 0 aliphatic carbocycles. The molecule has 0 aromatic heterocycles. The molecule has 0 heterocycles. The first-order chi connectivity index (χ1) is 8.85. The quantitative estimate of drug-likeness (QED) is 0.769. The van der Waals surface area contributed by atoms with Gasteiger partial charge in [0.1, 0.15) is 5.75 Å². The molecule has 0 fully saturated rings. The molecule has 19 heavy (non-hydrogen) atoms. The van der Waals surface area contributed by atoms with Gasteiger partial charge in [0.05, 0.1) is 19.8 Å². The van der Waals surface area contributed by atoms with Crippen LogP contribution < -0.4 is 10.1 Å². The summed E-state index contributed by atoms with van der Waals surface area (Å²) in [5, 5.41) is 12.8. The van der Waals surface area contributed by atoms with Gasteiger partial charge in [0, 0.05) is 5.69 Å². The predicted octanol–water partition coefficient (Wildman–Crippen LogP) is 1.81. The Balaban J connectivity index is 2.57. The van der Waals surface area contributed by atoms with Gasteiger partial charge in [-0.25, -0.2) is 4.79 Å². The molecule has 0 aliphatic heterocycles. The van der Waals surface area contributed by atoms with E-state index in [2.05, 4.69) is 10.1 Å². The first-order valence-electron chi connectivity index (χ1n) is 6.16. The van der Waals surface area contributed by atoms with E-state index in [0.717, 1.165) is 11.4 Å². The Hall–Kier alpha value is -1.75. The van der Waals surface area contributed by atoms with Crippen LogP contribution in [0.2, 0.25) is 0 Å². The summed E-state index contributed by atoms with van der Waals surface area (Å²) in [5.41, 5.74) is -0.762. The number of aliphatic hydroxyl groups is 1. The first kappa shape index (κ1) is 15.3. The number of nitrogens with one attached hydrogen (secondary N) is 1. The Morgan fingerprint density at radius 2 is 1.95 bits per heavy atom. The van der Waals surface area contributed by atoms with Crippen LogP contribution in [-0.4, -0.2) is 36.4 Å². The van der Waals surface area contributed by atoms with Gasteiger partial charge in [-0.2, -0.15) is 0 Å². The molecule has 0 amide bonds. The van der Waals surface area contributed by atoms with Gasteiger partial charge in [0.15, 0.2) is 5.60 Å². The number of carbonyl (C=O) groups excluding carboxylic acids is 1. The first-order valence-corrected chi connectivity index (χ1v) is 6.16. The lowest BCUT2D eigenvalue weighted by molar-refractivity contribution is -0.158. The summed E-state index contributed by atoms with van der Waals surface area (Å²) in [7, 11) is 1.24. The van der Waals surface area contributed by atoms with E-state index in [-0.39, 0.29) is 12.6 Å². The third kappa shape index (κ3) is 4.79. The van der Waals surface area contributed by atoms with Crippen molar-refractivity contribution < 1.29 is 19.4 Å². The molecule has 5 heteroatoms. The summed E-state index contributed by atoms with van der Waals surface area (Å²) in [5.74, 6) is 0.111. The second kappa shape index (κ2) is 6.43. The van der Waals surface area contributed by atoms with Crippen LogP contribution >= 0.6 is 0 Å². The Bertz CT molecular complexity index is 412. The molecule has 0 spiro atoms. The summed E-state index contributed by atoms with van der Waals surface area (Å²) in [4.78, 5) is 11.3. The van der Waals surface area contributed by atoms with Crippen LogP contribution in [0.4, 0.5) is 5.69 Å². The smallest absolute Gasteiger partial charge is 0.339 e. The van der Waals surface area contributed by atoms with E-state index in [1.54, 1.807) is 0 Å². The molecule has 0 saturated carbocycles. The highest BCUT2D eigenvalue weighted by Gasteiger charge is 2.31. The zero-order valence-electron chi connectivity index (χ0n) is 11.8. The third-order valence-corrected chi connectivity index (χ3v) is 2.49. The molecule has 1 atom stereocenters. The SMILES string of the molecule is COC(=O)C(C)(O)CNc1ccc(OC(C)C)cc1. The molecular weight excluding hydrogens is 246 g/mol. The van der Waals surface area contributed by atoms with E-state index >= 15 is 0 Å². The standard InChI is InChI=1S/C14H21NO4/c1-10(2)19-12-7-5-11(6-8-12)15-9-14(3,17)13(16)18-4/h5-8,10,15,17H,9H2,1-4H3. The fourth-order valence-electron chi connectivity index (χ4n) is 1.49. The van der Waals surface area contributed by atoms with E-state index in [1.807, 2.05) is 38.1 Å². The zero-order chi connectivity index (χ0) is 14.5. The van der Waals surface area contributed by atoms with Crippen molar-refractivity contribution in [1.29, 1.82) is 0 Å². The van der Waals surface area contributed by atoms with E-state index in [4.69, 9.17) is 4.74 Å². The number of ether oxygens (including phenoxy) is 2. The average Bonchev–Trinajstić information content (AvgIpc) is 2.36. The van der Waals surface area contributed by atoms with Gasteiger partial charge >= 0.3 is 5.97 Å². The highest BCUT2D eigenvalue weighted by molar-refractivity contribution is 5.79. The minimum atomic E-state index is -1.55. The lowest BCUT2D eigenvalue weighted by Gasteiger charge is -2.21. The van der Waals surface area contributed by atoms with Crippen molar-refractivity contribution in [1.82, 2.24) is 0 Å². The largest absolute Gasteiger partial charge is 0.491 e. The summed E-state index contributed by atoms with van der Waals surface area (Å²) >= 11 is 0. The summed E-state index contributed by atoms with van der Waals surface area (Å²) < 4.78 is 10.0. The second-order valence-electron chi connectivity index (χ2n) is 4.81. The number of anilines is 1. The van der Waals surface area contributed by atoms with Crippen molar-refractivity contribution in [2.24, 2.45) is 0 Å². The maximum Gasteiger partial charge on any atom is 0.339 e. The van der Waals surface area contributed by atoms with Crippen LogP contribution in [0, 0.1) is 0 Å². The lowest BCUT2D eigenvalue weighted by atomic mass is 10.1. The van der Waals surface area contributed by atoms with Crippen molar-refractivity contribution in [3.05, 3.63) is 24.3 Å². The highest BCUT2D eigenvalue weighted by atomic mass is 16.5. The maximum absolute atomic E-state index is 11.3. The normalized spacial score (nSPS) is 13.8. The number of carbonyl (C=O) groups is 1. The number of methoxy groups -OCH3 is 1. The minimum absolute atomic E-state index is 0.0735. The molecule has 106 valence electrons. The monoisotopic (exact) mass is 267 g/mol. The van der Waals surface area contributed by atoms with E-state index in [1.165, 1.54) is 14.0 Å². The third-order valence-electron chi connectivity index (χ3n) is 2.49. The van der Waals surface area contributed by atoms with Crippen LogP contribution in [0.25, 0.3) is 0 Å². The summed E-state index contributed by atoms with van der Waals surface area (Å²) in [6.07, 6.45) is 0.124. The van der Waals surface area contributed by atoms with Crippen molar-refractivity contribution in [3.63, 3.8) is 0 Å². The Labute approximate surface area is 113 Å². The number of esters is 1. The molecule has 0 bridgehead atoms. The van der Waals surface area contributed by atoms with Crippen LogP contribution in [0.15, 0.2) is 24.3 Å². The van der Waals surface area contributed by atoms with Gasteiger partial charge in [0.2, 0.25) is 0 Å². The van der Waals surface area contributed by atoms with Gasteiger partial charge in [-0.1, -0.05) is 0 Å². The highest BCUT2D eigenvalue weighted by Crippen LogP contribution is 2.17. The number of hydrogen-bond donors (Lipinski definition) is 2. The van der Waals surface area contributed by atoms with Crippen molar-refractivity contribution in [2.75, 3.05) is 19.0 Å². The molecule has 0 aliphatic rings. The van der Waals surface area contributed by atoms with Crippen LogP contribution in [0.1, 0.15) is 20.8 Å². The molecule has 1 unspecified atom stereocenters. The topological polar surface area (TPSA) is 67.8 Å². The maximum atomic E-state index is 11.3. The number of benzene rings is 1. The molecule has 2 N–H and O–H groups in total. The van der Waals surface area contributed by atoms with Gasteiger partial charge < -0.3 is 19.9 Å². The van der Waals surface area contributed by atoms with Gasteiger partial charge in [-0.15, -0.1) is 0 Å². The van der Waals surface area contributed by atoms with Crippen LogP contribution in [-0.2, 0) is 9.53 Å². The fourth-order valence-corrected chi connectivity index (χ4v) is 1.49. The molecule has 1 aromatic rings. The summed E-state index contributed by atoms with van der Waals surface area (Å²) in [6.45, 7) is 5.39. The zero-order valence-corrected chi connectivity index (χ0v) is 11.8. The molecule has 0 radical (unpaired) electrons. The van der Waals surface area contributed by atoms with Gasteiger partial charge in [0.25, 0.3) is 0 Å². The van der Waals surface area contributed by atoms with Crippen molar-refractivity contribution in [2.45, 2.75) is 32.5 Å². The Morgan fingerprint density at radius 1 is 1.37 bits per heavy atom. The molecule has 5 nitrogen and oxygen atoms in total. The molecule has 1 aromatic carbocycles. The average molecular weight is 267 g/mol. The van der Waals surface area contributed by atoms with E-state index in [0.29, 0.717) is 0 Å². The van der Waals surface area contributed by atoms with Crippen molar-refractivity contribution >= 4 is 11.7 Å².